The molecule has 1 saturated heterocycles. The molecule has 6 heteroatoms. The maximum atomic E-state index is 12.1. The summed E-state index contributed by atoms with van der Waals surface area (Å²) >= 11 is 6.93. The summed E-state index contributed by atoms with van der Waals surface area (Å²) < 4.78 is 0. The van der Waals surface area contributed by atoms with Crippen LogP contribution in [-0.2, 0) is 4.79 Å². The number of nitrogens with one attached hydrogen (secondary N) is 1. The smallest absolute Gasteiger partial charge is 0.279 e. The molecule has 0 unspecified atom stereocenters. The zero-order valence-corrected chi connectivity index (χ0v) is 14.6. The zero-order chi connectivity index (χ0) is 17.6. The highest BCUT2D eigenvalue weighted by Crippen LogP contribution is 2.24. The van der Waals surface area contributed by atoms with Crippen molar-refractivity contribution in [3.8, 4) is 0 Å². The van der Waals surface area contributed by atoms with Gasteiger partial charge in [-0.2, -0.15) is 4.99 Å². The summed E-state index contributed by atoms with van der Waals surface area (Å²) in [6.07, 6.45) is 5.39. The lowest BCUT2D eigenvalue weighted by Crippen LogP contribution is -2.20. The monoisotopic (exact) mass is 368 g/mol. The Labute approximate surface area is 154 Å². The molecule has 0 bridgehead atoms. The number of halogens is 1. The summed E-state index contributed by atoms with van der Waals surface area (Å²) in [4.78, 5) is 28.5. The Morgan fingerprint density at radius 1 is 1.08 bits per heavy atom. The first-order chi connectivity index (χ1) is 12.1. The number of allylic oxidation sites excluding steroid dienone is 2. The minimum absolute atomic E-state index is 0.268. The van der Waals surface area contributed by atoms with E-state index in [0.717, 1.165) is 17.3 Å². The number of hydrogen-bond donors (Lipinski definition) is 1. The van der Waals surface area contributed by atoms with Crippen LogP contribution in [0.3, 0.4) is 0 Å². The minimum Gasteiger partial charge on any atom is -0.300 e. The molecule has 0 spiro atoms. The summed E-state index contributed by atoms with van der Waals surface area (Å²) in [6, 6.07) is 16.2. The molecule has 1 aliphatic heterocycles. The molecular weight excluding hydrogens is 356 g/mol. The van der Waals surface area contributed by atoms with Crippen LogP contribution >= 0.6 is 23.4 Å². The summed E-state index contributed by atoms with van der Waals surface area (Å²) in [5.41, 5.74) is 1.45. The Kier molecular flexibility index (Phi) is 5.48. The van der Waals surface area contributed by atoms with Crippen molar-refractivity contribution in [3.63, 3.8) is 0 Å². The van der Waals surface area contributed by atoms with Crippen molar-refractivity contribution in [3.05, 3.63) is 87.8 Å². The van der Waals surface area contributed by atoms with Crippen LogP contribution in [0.15, 0.2) is 76.6 Å². The van der Waals surface area contributed by atoms with E-state index in [2.05, 4.69) is 10.3 Å². The fourth-order valence-electron chi connectivity index (χ4n) is 2.06. The molecule has 3 rings (SSSR count). The van der Waals surface area contributed by atoms with Crippen molar-refractivity contribution in [1.82, 2.24) is 5.32 Å². The van der Waals surface area contributed by atoms with Gasteiger partial charge in [-0.25, -0.2) is 0 Å². The third-order valence-electron chi connectivity index (χ3n) is 3.28. The van der Waals surface area contributed by atoms with Gasteiger partial charge in [-0.05, 0) is 47.7 Å². The predicted molar refractivity (Wildman–Crippen MR) is 103 cm³/mol. The fraction of sp³-hybridized carbons (Fsp3) is 0. The average Bonchev–Trinajstić information content (AvgIpc) is 2.96. The van der Waals surface area contributed by atoms with Crippen molar-refractivity contribution < 1.29 is 9.59 Å². The van der Waals surface area contributed by atoms with E-state index in [0.29, 0.717) is 15.5 Å². The van der Waals surface area contributed by atoms with Crippen LogP contribution < -0.4 is 5.32 Å². The second-order valence-electron chi connectivity index (χ2n) is 5.09. The van der Waals surface area contributed by atoms with E-state index in [1.807, 2.05) is 36.4 Å². The molecule has 1 fully saturated rings. The second kappa shape index (κ2) is 7.96. The van der Waals surface area contributed by atoms with E-state index < -0.39 is 5.91 Å². The largest absolute Gasteiger partial charge is 0.300 e. The molecule has 0 saturated carbocycles. The molecule has 2 aromatic rings. The number of carbonyl (C=O) groups excluding carboxylic acids is 2. The lowest BCUT2D eigenvalue weighted by molar-refractivity contribution is -0.115. The topological polar surface area (TPSA) is 58.5 Å². The Balaban J connectivity index is 1.69. The Bertz CT molecular complexity index is 887. The molecule has 0 aromatic heterocycles. The van der Waals surface area contributed by atoms with Gasteiger partial charge in [0.2, 0.25) is 0 Å². The van der Waals surface area contributed by atoms with E-state index in [4.69, 9.17) is 11.6 Å². The average molecular weight is 369 g/mol. The summed E-state index contributed by atoms with van der Waals surface area (Å²) in [5.74, 6) is -0.703. The molecule has 0 radical (unpaired) electrons. The van der Waals surface area contributed by atoms with Crippen LogP contribution in [0.1, 0.15) is 15.9 Å². The number of aliphatic imine (C=N–C) groups is 1. The Hall–Kier alpha value is -2.63. The molecule has 1 N–H and O–H groups in total. The highest BCUT2D eigenvalue weighted by Gasteiger charge is 2.24. The van der Waals surface area contributed by atoms with Crippen LogP contribution in [-0.4, -0.2) is 17.0 Å². The van der Waals surface area contributed by atoms with Crippen molar-refractivity contribution in [2.24, 2.45) is 4.99 Å². The molecule has 1 aliphatic rings. The van der Waals surface area contributed by atoms with E-state index in [1.165, 1.54) is 0 Å². The van der Waals surface area contributed by atoms with Crippen LogP contribution in [0.5, 0.6) is 0 Å². The lowest BCUT2D eigenvalue weighted by Gasteiger charge is -1.97. The zero-order valence-electron chi connectivity index (χ0n) is 13.0. The van der Waals surface area contributed by atoms with Gasteiger partial charge in [-0.15, -0.1) is 0 Å². The van der Waals surface area contributed by atoms with Gasteiger partial charge in [-0.3, -0.25) is 9.59 Å². The molecule has 2 amide bonds. The number of amidine groups is 1. The molecule has 0 atom stereocenters. The first-order valence-corrected chi connectivity index (χ1v) is 8.62. The van der Waals surface area contributed by atoms with Crippen molar-refractivity contribution >= 4 is 46.4 Å². The number of amides is 2. The molecule has 2 aromatic carbocycles. The van der Waals surface area contributed by atoms with E-state index >= 15 is 0 Å². The van der Waals surface area contributed by atoms with Crippen molar-refractivity contribution in [1.29, 1.82) is 0 Å². The quantitative estimate of drug-likeness (QED) is 0.822. The minimum atomic E-state index is -0.430. The van der Waals surface area contributed by atoms with Gasteiger partial charge < -0.3 is 5.32 Å². The van der Waals surface area contributed by atoms with Crippen LogP contribution in [0.2, 0.25) is 5.02 Å². The number of nitrogens with zero attached hydrogens (tertiary/aromatic N) is 1. The number of carbonyl (C=O) groups is 2. The van der Waals surface area contributed by atoms with Gasteiger partial charge in [0.15, 0.2) is 5.17 Å². The molecule has 124 valence electrons. The third-order valence-corrected chi connectivity index (χ3v) is 4.46. The first-order valence-electron chi connectivity index (χ1n) is 7.43. The fourth-order valence-corrected chi connectivity index (χ4v) is 2.95. The van der Waals surface area contributed by atoms with Crippen LogP contribution in [0.4, 0.5) is 0 Å². The number of thioether (sulfide) groups is 1. The molecule has 1 heterocycles. The Morgan fingerprint density at radius 2 is 1.80 bits per heavy atom. The molecule has 0 aliphatic carbocycles. The summed E-state index contributed by atoms with van der Waals surface area (Å²) in [6.45, 7) is 0. The Morgan fingerprint density at radius 3 is 2.52 bits per heavy atom. The predicted octanol–water partition coefficient (Wildman–Crippen LogP) is 4.30. The molecule has 25 heavy (non-hydrogen) atoms. The molecular formula is C19H13ClN2O2S. The van der Waals surface area contributed by atoms with Gasteiger partial charge in [0.05, 0.1) is 4.91 Å². The van der Waals surface area contributed by atoms with E-state index in [-0.39, 0.29) is 11.1 Å². The second-order valence-corrected chi connectivity index (χ2v) is 6.55. The van der Waals surface area contributed by atoms with E-state index in [1.54, 1.807) is 36.4 Å². The number of rotatable bonds is 3. The lowest BCUT2D eigenvalue weighted by atomic mass is 10.2. The van der Waals surface area contributed by atoms with Gasteiger partial charge >= 0.3 is 0 Å². The van der Waals surface area contributed by atoms with Gasteiger partial charge in [0.25, 0.3) is 11.8 Å². The van der Waals surface area contributed by atoms with Crippen LogP contribution in [0.25, 0.3) is 6.08 Å². The highest BCUT2D eigenvalue weighted by atomic mass is 35.5. The molecule has 4 nitrogen and oxygen atoms in total. The van der Waals surface area contributed by atoms with Gasteiger partial charge in [-0.1, -0.05) is 54.1 Å². The number of benzene rings is 2. The van der Waals surface area contributed by atoms with Crippen LogP contribution in [0, 0.1) is 0 Å². The standard InChI is InChI=1S/C19H13ClN2O2S/c20-15-11-9-14(10-12-15)17(23)21-19-22-18(24)16(25-19)8-4-7-13-5-2-1-3-6-13/h1-12H,(H,21,22,23,24)/b7-4+,16-8-. The van der Waals surface area contributed by atoms with E-state index in [9.17, 15) is 9.59 Å². The number of hydrogen-bond acceptors (Lipinski definition) is 3. The maximum Gasteiger partial charge on any atom is 0.279 e. The third kappa shape index (κ3) is 4.68. The summed E-state index contributed by atoms with van der Waals surface area (Å²) in [7, 11) is 0. The first kappa shape index (κ1) is 17.2. The highest BCUT2D eigenvalue weighted by molar-refractivity contribution is 8.18. The SMILES string of the molecule is O=C1NC(=NC(=O)c2ccc(Cl)cc2)S/C1=C\C=C\c1ccccc1. The normalized spacial score (nSPS) is 17.4. The van der Waals surface area contributed by atoms with Gasteiger partial charge in [0.1, 0.15) is 0 Å². The summed E-state index contributed by atoms with van der Waals surface area (Å²) in [5, 5.41) is 3.40. The van der Waals surface area contributed by atoms with Gasteiger partial charge in [0, 0.05) is 10.6 Å². The maximum absolute atomic E-state index is 12.1. The van der Waals surface area contributed by atoms with Crippen molar-refractivity contribution in [2.75, 3.05) is 0 Å². The van der Waals surface area contributed by atoms with Crippen molar-refractivity contribution in [2.45, 2.75) is 0 Å².